The van der Waals surface area contributed by atoms with Crippen molar-refractivity contribution in [1.29, 1.82) is 0 Å². The van der Waals surface area contributed by atoms with E-state index in [0.717, 1.165) is 5.69 Å². The Morgan fingerprint density at radius 1 is 1.17 bits per heavy atom. The van der Waals surface area contributed by atoms with Crippen LogP contribution in [0.2, 0.25) is 0 Å². The van der Waals surface area contributed by atoms with Gasteiger partial charge in [-0.1, -0.05) is 0 Å². The third-order valence-corrected chi connectivity index (χ3v) is 3.04. The minimum absolute atomic E-state index is 0.143. The second-order valence-electron chi connectivity index (χ2n) is 4.98. The number of amides is 1. The van der Waals surface area contributed by atoms with Crippen molar-refractivity contribution in [2.45, 2.75) is 0 Å². The molecule has 0 aliphatic heterocycles. The lowest BCUT2D eigenvalue weighted by Gasteiger charge is -2.13. The van der Waals surface area contributed by atoms with E-state index in [9.17, 15) is 14.4 Å². The van der Waals surface area contributed by atoms with E-state index in [1.807, 2.05) is 31.1 Å². The average Bonchev–Trinajstić information content (AvgIpc) is 2.53. The summed E-state index contributed by atoms with van der Waals surface area (Å²) in [5.74, 6) is -1.33. The second-order valence-corrected chi connectivity index (χ2v) is 4.98. The third-order valence-electron chi connectivity index (χ3n) is 3.04. The molecule has 0 aliphatic carbocycles. The highest BCUT2D eigenvalue weighted by molar-refractivity contribution is 5.95. The molecule has 2 N–H and O–H groups in total. The van der Waals surface area contributed by atoms with Gasteiger partial charge in [0.25, 0.3) is 11.5 Å². The first-order chi connectivity index (χ1) is 11.0. The van der Waals surface area contributed by atoms with Gasteiger partial charge in [0.1, 0.15) is 5.56 Å². The highest BCUT2D eigenvalue weighted by atomic mass is 16.5. The largest absolute Gasteiger partial charge is 0.452 e. The summed E-state index contributed by atoms with van der Waals surface area (Å²) in [5, 5.41) is 2.61. The number of hydrogen-bond donors (Lipinski definition) is 2. The van der Waals surface area contributed by atoms with Crippen molar-refractivity contribution in [3.8, 4) is 0 Å². The van der Waals surface area contributed by atoms with Gasteiger partial charge in [0, 0.05) is 31.7 Å². The second kappa shape index (κ2) is 7.26. The van der Waals surface area contributed by atoms with Crippen LogP contribution in [0.25, 0.3) is 0 Å². The Morgan fingerprint density at radius 2 is 1.87 bits per heavy atom. The van der Waals surface area contributed by atoms with Crippen LogP contribution in [0, 0.1) is 0 Å². The zero-order valence-corrected chi connectivity index (χ0v) is 12.8. The molecule has 2 aromatic rings. The number of carbonyl (C=O) groups excluding carboxylic acids is 2. The van der Waals surface area contributed by atoms with E-state index in [0.29, 0.717) is 5.69 Å². The van der Waals surface area contributed by atoms with Crippen molar-refractivity contribution in [2.24, 2.45) is 0 Å². The number of esters is 1. The molecule has 0 spiro atoms. The maximum atomic E-state index is 11.8. The van der Waals surface area contributed by atoms with Crippen LogP contribution in [0.15, 0.2) is 47.4 Å². The molecule has 1 aromatic carbocycles. The van der Waals surface area contributed by atoms with E-state index in [1.54, 1.807) is 12.1 Å². The summed E-state index contributed by atoms with van der Waals surface area (Å²) >= 11 is 0. The van der Waals surface area contributed by atoms with Gasteiger partial charge >= 0.3 is 5.97 Å². The number of nitrogens with one attached hydrogen (secondary N) is 2. The number of ether oxygens (including phenoxy) is 1. The summed E-state index contributed by atoms with van der Waals surface area (Å²) in [5.41, 5.74) is 0.889. The topological polar surface area (TPSA) is 91.5 Å². The molecule has 0 atom stereocenters. The summed E-state index contributed by atoms with van der Waals surface area (Å²) in [6.07, 6.45) is 1.41. The lowest BCUT2D eigenvalue weighted by Crippen LogP contribution is -2.24. The van der Waals surface area contributed by atoms with Gasteiger partial charge in [-0.15, -0.1) is 0 Å². The highest BCUT2D eigenvalue weighted by Gasteiger charge is 2.13. The summed E-state index contributed by atoms with van der Waals surface area (Å²) < 4.78 is 4.83. The number of hydrogen-bond acceptors (Lipinski definition) is 5. The quantitative estimate of drug-likeness (QED) is 0.810. The van der Waals surface area contributed by atoms with Crippen LogP contribution < -0.4 is 15.8 Å². The van der Waals surface area contributed by atoms with Crippen LogP contribution in [0.1, 0.15) is 10.4 Å². The first-order valence-electron chi connectivity index (χ1n) is 6.89. The van der Waals surface area contributed by atoms with Crippen molar-refractivity contribution in [3.05, 3.63) is 58.5 Å². The summed E-state index contributed by atoms with van der Waals surface area (Å²) in [6, 6.07) is 10.0. The van der Waals surface area contributed by atoms with Crippen LogP contribution >= 0.6 is 0 Å². The number of aromatic amines is 1. The zero-order chi connectivity index (χ0) is 16.8. The molecule has 0 radical (unpaired) electrons. The molecule has 0 unspecified atom stereocenters. The standard InChI is InChI=1S/C16H17N3O4/c1-19(2)12-7-5-11(6-8-12)18-14(20)10-23-16(22)13-4-3-9-17-15(13)21/h3-9H,10H2,1-2H3,(H,17,21)(H,18,20). The van der Waals surface area contributed by atoms with Crippen molar-refractivity contribution in [2.75, 3.05) is 30.9 Å². The lowest BCUT2D eigenvalue weighted by molar-refractivity contribution is -0.119. The van der Waals surface area contributed by atoms with Gasteiger partial charge in [0.15, 0.2) is 6.61 Å². The van der Waals surface area contributed by atoms with Crippen molar-refractivity contribution < 1.29 is 14.3 Å². The van der Waals surface area contributed by atoms with E-state index in [4.69, 9.17) is 4.74 Å². The predicted octanol–water partition coefficient (Wildman–Crippen LogP) is 1.24. The van der Waals surface area contributed by atoms with Gasteiger partial charge in [0.05, 0.1) is 0 Å². The van der Waals surface area contributed by atoms with E-state index in [-0.39, 0.29) is 5.56 Å². The maximum Gasteiger partial charge on any atom is 0.344 e. The molecule has 0 bridgehead atoms. The Balaban J connectivity index is 1.89. The summed E-state index contributed by atoms with van der Waals surface area (Å²) in [4.78, 5) is 39.2. The van der Waals surface area contributed by atoms with Crippen LogP contribution in [-0.2, 0) is 9.53 Å². The Labute approximate surface area is 132 Å². The molecular weight excluding hydrogens is 298 g/mol. The van der Waals surface area contributed by atoms with Crippen molar-refractivity contribution in [1.82, 2.24) is 4.98 Å². The van der Waals surface area contributed by atoms with Crippen molar-refractivity contribution >= 4 is 23.3 Å². The molecule has 7 heteroatoms. The molecule has 120 valence electrons. The fourth-order valence-corrected chi connectivity index (χ4v) is 1.83. The Kier molecular flexibility index (Phi) is 5.14. The minimum Gasteiger partial charge on any atom is -0.452 e. The molecule has 0 saturated heterocycles. The number of pyridine rings is 1. The number of carbonyl (C=O) groups is 2. The van der Waals surface area contributed by atoms with Crippen LogP contribution in [0.5, 0.6) is 0 Å². The maximum absolute atomic E-state index is 11.8. The Bertz CT molecular complexity index is 750. The number of benzene rings is 1. The number of rotatable bonds is 5. The lowest BCUT2D eigenvalue weighted by atomic mass is 10.2. The molecule has 7 nitrogen and oxygen atoms in total. The fraction of sp³-hybridized carbons (Fsp3) is 0.188. The average molecular weight is 315 g/mol. The predicted molar refractivity (Wildman–Crippen MR) is 86.7 cm³/mol. The van der Waals surface area contributed by atoms with Gasteiger partial charge in [-0.3, -0.25) is 9.59 Å². The van der Waals surface area contributed by atoms with Crippen LogP contribution in [-0.4, -0.2) is 37.6 Å². The molecule has 0 saturated carbocycles. The van der Waals surface area contributed by atoms with Gasteiger partial charge in [0.2, 0.25) is 0 Å². The summed E-state index contributed by atoms with van der Waals surface area (Å²) in [7, 11) is 3.83. The normalized spacial score (nSPS) is 10.0. The van der Waals surface area contributed by atoms with Gasteiger partial charge in [-0.25, -0.2) is 4.79 Å². The first kappa shape index (κ1) is 16.3. The van der Waals surface area contributed by atoms with E-state index < -0.39 is 24.0 Å². The van der Waals surface area contributed by atoms with E-state index in [1.165, 1.54) is 18.3 Å². The molecule has 1 aromatic heterocycles. The molecule has 0 aliphatic rings. The first-order valence-corrected chi connectivity index (χ1v) is 6.89. The third kappa shape index (κ3) is 4.44. The number of nitrogens with zero attached hydrogens (tertiary/aromatic N) is 1. The Morgan fingerprint density at radius 3 is 2.48 bits per heavy atom. The number of H-pyrrole nitrogens is 1. The molecular formula is C16H17N3O4. The van der Waals surface area contributed by atoms with Crippen molar-refractivity contribution in [3.63, 3.8) is 0 Å². The fourth-order valence-electron chi connectivity index (χ4n) is 1.83. The smallest absolute Gasteiger partial charge is 0.344 e. The minimum atomic E-state index is -0.843. The molecule has 23 heavy (non-hydrogen) atoms. The highest BCUT2D eigenvalue weighted by Crippen LogP contribution is 2.15. The van der Waals surface area contributed by atoms with Gasteiger partial charge in [-0.05, 0) is 36.4 Å². The molecule has 0 fully saturated rings. The molecule has 2 rings (SSSR count). The number of anilines is 2. The van der Waals surface area contributed by atoms with Gasteiger partial charge in [-0.2, -0.15) is 0 Å². The number of aromatic nitrogens is 1. The SMILES string of the molecule is CN(C)c1ccc(NC(=O)COC(=O)c2ccc[nH]c2=O)cc1. The van der Waals surface area contributed by atoms with E-state index in [2.05, 4.69) is 10.3 Å². The van der Waals surface area contributed by atoms with Gasteiger partial charge < -0.3 is 19.9 Å². The van der Waals surface area contributed by atoms with Crippen LogP contribution in [0.3, 0.4) is 0 Å². The monoisotopic (exact) mass is 315 g/mol. The Hall–Kier alpha value is -3.09. The van der Waals surface area contributed by atoms with E-state index >= 15 is 0 Å². The molecule has 1 heterocycles. The zero-order valence-electron chi connectivity index (χ0n) is 12.8. The molecule has 1 amide bonds. The summed E-state index contributed by atoms with van der Waals surface area (Å²) in [6.45, 7) is -0.470. The van der Waals surface area contributed by atoms with Crippen LogP contribution in [0.4, 0.5) is 11.4 Å².